The fourth-order valence-electron chi connectivity index (χ4n) is 3.04. The number of benzene rings is 1. The molecule has 1 aromatic carbocycles. The summed E-state index contributed by atoms with van der Waals surface area (Å²) in [5, 5.41) is 1.17. The minimum atomic E-state index is 0.454. The van der Waals surface area contributed by atoms with Crippen molar-refractivity contribution in [1.29, 1.82) is 0 Å². The highest BCUT2D eigenvalue weighted by Gasteiger charge is 2.21. The van der Waals surface area contributed by atoms with Crippen molar-refractivity contribution in [2.45, 2.75) is 31.7 Å². The Kier molecular flexibility index (Phi) is 2.88. The minimum absolute atomic E-state index is 0.454. The lowest BCUT2D eigenvalue weighted by molar-refractivity contribution is 0.277. The first-order valence-electron chi connectivity index (χ1n) is 7.15. The van der Waals surface area contributed by atoms with Gasteiger partial charge in [-0.05, 0) is 24.8 Å². The van der Waals surface area contributed by atoms with Crippen molar-refractivity contribution < 1.29 is 0 Å². The molecular formula is C16H16ClN3. The van der Waals surface area contributed by atoms with Gasteiger partial charge in [0.1, 0.15) is 11.3 Å². The van der Waals surface area contributed by atoms with E-state index in [2.05, 4.69) is 32.7 Å². The summed E-state index contributed by atoms with van der Waals surface area (Å²) in [6.45, 7) is 1.03. The van der Waals surface area contributed by atoms with E-state index in [1.165, 1.54) is 30.2 Å². The molecule has 0 spiro atoms. The van der Waals surface area contributed by atoms with Gasteiger partial charge in [-0.15, -0.1) is 11.6 Å². The van der Waals surface area contributed by atoms with Crippen molar-refractivity contribution in [3.8, 4) is 0 Å². The van der Waals surface area contributed by atoms with E-state index in [-0.39, 0.29) is 0 Å². The molecule has 0 radical (unpaired) electrons. The largest absolute Gasteiger partial charge is 0.326 e. The van der Waals surface area contributed by atoms with Gasteiger partial charge in [0.25, 0.3) is 0 Å². The molecule has 4 rings (SSSR count). The lowest BCUT2D eigenvalue weighted by Crippen LogP contribution is -2.19. The smallest absolute Gasteiger partial charge is 0.124 e. The SMILES string of the molecule is ClCc1nc2cnc3ccccc3c2n1CC1CCC1. The van der Waals surface area contributed by atoms with E-state index in [1.807, 2.05) is 12.3 Å². The Morgan fingerprint density at radius 1 is 1.20 bits per heavy atom. The van der Waals surface area contributed by atoms with Crippen LogP contribution >= 0.6 is 11.6 Å². The zero-order chi connectivity index (χ0) is 13.5. The molecule has 0 N–H and O–H groups in total. The van der Waals surface area contributed by atoms with Gasteiger partial charge in [-0.25, -0.2) is 4.98 Å². The second-order valence-corrected chi connectivity index (χ2v) is 5.85. The second-order valence-electron chi connectivity index (χ2n) is 5.58. The summed E-state index contributed by atoms with van der Waals surface area (Å²) in [6, 6.07) is 8.26. The van der Waals surface area contributed by atoms with Crippen LogP contribution in [0, 0.1) is 5.92 Å². The average molecular weight is 286 g/mol. The van der Waals surface area contributed by atoms with Crippen LogP contribution in [0.15, 0.2) is 30.5 Å². The molecule has 102 valence electrons. The normalized spacial score (nSPS) is 15.8. The maximum atomic E-state index is 6.10. The van der Waals surface area contributed by atoms with E-state index >= 15 is 0 Å². The number of fused-ring (bicyclic) bond motifs is 3. The fraction of sp³-hybridized carbons (Fsp3) is 0.375. The summed E-state index contributed by atoms with van der Waals surface area (Å²) >= 11 is 6.10. The quantitative estimate of drug-likeness (QED) is 0.678. The number of hydrogen-bond acceptors (Lipinski definition) is 2. The Bertz CT molecular complexity index is 774. The highest BCUT2D eigenvalue weighted by Crippen LogP contribution is 2.32. The van der Waals surface area contributed by atoms with Gasteiger partial charge in [-0.1, -0.05) is 24.6 Å². The predicted molar refractivity (Wildman–Crippen MR) is 81.9 cm³/mol. The molecule has 2 heterocycles. The molecule has 0 aliphatic heterocycles. The predicted octanol–water partition coefficient (Wildman–Crippen LogP) is 4.12. The van der Waals surface area contributed by atoms with Gasteiger partial charge in [0.2, 0.25) is 0 Å². The number of imidazole rings is 1. The Morgan fingerprint density at radius 2 is 2.05 bits per heavy atom. The molecule has 1 aliphatic rings. The topological polar surface area (TPSA) is 30.7 Å². The van der Waals surface area contributed by atoms with Gasteiger partial charge in [0.15, 0.2) is 0 Å². The van der Waals surface area contributed by atoms with Crippen molar-refractivity contribution in [3.05, 3.63) is 36.3 Å². The van der Waals surface area contributed by atoms with Crippen molar-refractivity contribution in [2.75, 3.05) is 0 Å². The molecule has 1 fully saturated rings. The van der Waals surface area contributed by atoms with Crippen LogP contribution in [-0.4, -0.2) is 14.5 Å². The van der Waals surface area contributed by atoms with Gasteiger partial charge in [0.05, 0.1) is 23.1 Å². The molecule has 0 saturated heterocycles. The highest BCUT2D eigenvalue weighted by atomic mass is 35.5. The third-order valence-electron chi connectivity index (χ3n) is 4.34. The Balaban J connectivity index is 1.98. The first-order valence-corrected chi connectivity index (χ1v) is 7.69. The number of hydrogen-bond donors (Lipinski definition) is 0. The Hall–Kier alpha value is -1.61. The molecule has 3 aromatic rings. The summed E-state index contributed by atoms with van der Waals surface area (Å²) in [4.78, 5) is 9.15. The number of rotatable bonds is 3. The second kappa shape index (κ2) is 4.74. The number of pyridine rings is 1. The first-order chi connectivity index (χ1) is 9.86. The van der Waals surface area contributed by atoms with Crippen LogP contribution in [0.4, 0.5) is 0 Å². The van der Waals surface area contributed by atoms with E-state index < -0.39 is 0 Å². The van der Waals surface area contributed by atoms with Crippen molar-refractivity contribution in [3.63, 3.8) is 0 Å². The van der Waals surface area contributed by atoms with Gasteiger partial charge in [0, 0.05) is 11.9 Å². The van der Waals surface area contributed by atoms with Crippen LogP contribution < -0.4 is 0 Å². The molecule has 0 amide bonds. The molecule has 1 aliphatic carbocycles. The number of aromatic nitrogens is 3. The molecule has 4 heteroatoms. The van der Waals surface area contributed by atoms with E-state index in [4.69, 9.17) is 11.6 Å². The zero-order valence-corrected chi connectivity index (χ0v) is 12.0. The van der Waals surface area contributed by atoms with Gasteiger partial charge < -0.3 is 4.57 Å². The molecule has 0 atom stereocenters. The fourth-order valence-corrected chi connectivity index (χ4v) is 3.25. The first kappa shape index (κ1) is 12.2. The van der Waals surface area contributed by atoms with E-state index in [1.54, 1.807) is 0 Å². The van der Waals surface area contributed by atoms with Crippen molar-refractivity contribution >= 4 is 33.5 Å². The molecule has 0 unspecified atom stereocenters. The number of halogens is 1. The maximum absolute atomic E-state index is 6.10. The number of alkyl halides is 1. The third kappa shape index (κ3) is 1.80. The molecule has 3 nitrogen and oxygen atoms in total. The maximum Gasteiger partial charge on any atom is 0.124 e. The molecular weight excluding hydrogens is 270 g/mol. The summed E-state index contributed by atoms with van der Waals surface area (Å²) < 4.78 is 2.32. The zero-order valence-electron chi connectivity index (χ0n) is 11.2. The van der Waals surface area contributed by atoms with E-state index in [9.17, 15) is 0 Å². The van der Waals surface area contributed by atoms with Gasteiger partial charge in [-0.2, -0.15) is 0 Å². The summed E-state index contributed by atoms with van der Waals surface area (Å²) in [6.07, 6.45) is 5.87. The Labute approximate surface area is 122 Å². The highest BCUT2D eigenvalue weighted by molar-refractivity contribution is 6.17. The van der Waals surface area contributed by atoms with E-state index in [0.717, 1.165) is 29.3 Å². The summed E-state index contributed by atoms with van der Waals surface area (Å²) in [5.41, 5.74) is 3.17. The molecule has 1 saturated carbocycles. The van der Waals surface area contributed by atoms with Crippen LogP contribution in [0.5, 0.6) is 0 Å². The Morgan fingerprint density at radius 3 is 2.80 bits per heavy atom. The molecule has 2 aromatic heterocycles. The summed E-state index contributed by atoms with van der Waals surface area (Å²) in [5.74, 6) is 2.20. The van der Waals surface area contributed by atoms with Crippen molar-refractivity contribution in [2.24, 2.45) is 5.92 Å². The molecule has 20 heavy (non-hydrogen) atoms. The lowest BCUT2D eigenvalue weighted by Gasteiger charge is -2.26. The van der Waals surface area contributed by atoms with Crippen LogP contribution in [0.25, 0.3) is 21.9 Å². The minimum Gasteiger partial charge on any atom is -0.326 e. The lowest BCUT2D eigenvalue weighted by atomic mass is 9.85. The third-order valence-corrected chi connectivity index (χ3v) is 4.58. The van der Waals surface area contributed by atoms with Crippen molar-refractivity contribution in [1.82, 2.24) is 14.5 Å². The van der Waals surface area contributed by atoms with Crippen LogP contribution in [0.1, 0.15) is 25.1 Å². The van der Waals surface area contributed by atoms with Crippen LogP contribution in [-0.2, 0) is 12.4 Å². The number of nitrogens with zero attached hydrogens (tertiary/aromatic N) is 3. The summed E-state index contributed by atoms with van der Waals surface area (Å²) in [7, 11) is 0. The van der Waals surface area contributed by atoms with Crippen LogP contribution in [0.3, 0.4) is 0 Å². The standard InChI is InChI=1S/C16H16ClN3/c17-8-15-19-14-9-18-13-7-2-1-6-12(13)16(14)20(15)10-11-4-3-5-11/h1-2,6-7,9,11H,3-5,8,10H2. The van der Waals surface area contributed by atoms with Gasteiger partial charge >= 0.3 is 0 Å². The van der Waals surface area contributed by atoms with Gasteiger partial charge in [-0.3, -0.25) is 4.98 Å². The molecule has 0 bridgehead atoms. The average Bonchev–Trinajstić information content (AvgIpc) is 2.81. The van der Waals surface area contributed by atoms with Crippen LogP contribution in [0.2, 0.25) is 0 Å². The number of para-hydroxylation sites is 1. The monoisotopic (exact) mass is 285 g/mol. The van der Waals surface area contributed by atoms with E-state index in [0.29, 0.717) is 5.88 Å².